The monoisotopic (exact) mass is 248 g/mol. The van der Waals surface area contributed by atoms with Crippen LogP contribution in [0.2, 0.25) is 0 Å². The highest BCUT2D eigenvalue weighted by molar-refractivity contribution is 4.79. The van der Waals surface area contributed by atoms with Crippen molar-refractivity contribution in [2.75, 3.05) is 13.7 Å². The van der Waals surface area contributed by atoms with E-state index >= 15 is 0 Å². The van der Waals surface area contributed by atoms with Gasteiger partial charge in [-0.15, -0.1) is 0 Å². The lowest BCUT2D eigenvalue weighted by Crippen LogP contribution is -2.49. The second-order valence-electron chi connectivity index (χ2n) is 1.84. The Labute approximate surface area is 79.1 Å². The van der Waals surface area contributed by atoms with Gasteiger partial charge in [0.2, 0.25) is 0 Å². The summed E-state index contributed by atoms with van der Waals surface area (Å²) in [7, 11) is 0. The minimum absolute atomic E-state index is 0.750. The summed E-state index contributed by atoms with van der Waals surface area (Å²) in [5.41, 5.74) is 0. The van der Waals surface area contributed by atoms with Gasteiger partial charge < -0.3 is 14.9 Å². The van der Waals surface area contributed by atoms with Crippen molar-refractivity contribution in [2.45, 2.75) is 18.5 Å². The average molecular weight is 248 g/mol. The molecule has 0 aromatic carbocycles. The van der Waals surface area contributed by atoms with Gasteiger partial charge in [-0.1, -0.05) is 0 Å². The second-order valence-corrected chi connectivity index (χ2v) is 1.84. The normalized spacial score (nSPS) is 15.6. The van der Waals surface area contributed by atoms with Crippen LogP contribution in [0.5, 0.6) is 0 Å². The third-order valence-electron chi connectivity index (χ3n) is 0.932. The van der Waals surface area contributed by atoms with Crippen molar-refractivity contribution in [3.63, 3.8) is 0 Å². The van der Waals surface area contributed by atoms with Gasteiger partial charge in [-0.05, 0) is 0 Å². The number of aliphatic hydroxyl groups excluding tert-OH is 1. The first-order valence-electron chi connectivity index (χ1n) is 3.12. The molecule has 0 rings (SSSR count). The molecule has 0 radical (unpaired) electrons. The van der Waals surface area contributed by atoms with Crippen LogP contribution in [0, 0.1) is 0 Å². The van der Waals surface area contributed by atoms with E-state index in [9.17, 15) is 30.7 Å². The molecule has 0 saturated carbocycles. The van der Waals surface area contributed by atoms with Crippen LogP contribution in [0.25, 0.3) is 0 Å². The van der Waals surface area contributed by atoms with Gasteiger partial charge in [-0.2, -0.15) is 17.6 Å². The van der Waals surface area contributed by atoms with E-state index in [1.54, 1.807) is 0 Å². The zero-order valence-corrected chi connectivity index (χ0v) is 6.94. The molecule has 94 valence electrons. The Hall–Kier alpha value is -0.610. The minimum Gasteiger partial charge on any atom is -0.371 e. The number of hydrogen-bond acceptors (Lipinski definition) is 3. The summed E-state index contributed by atoms with van der Waals surface area (Å²) >= 11 is 0. The Morgan fingerprint density at radius 2 is 1.40 bits per heavy atom. The summed E-state index contributed by atoms with van der Waals surface area (Å²) in [6.45, 7) is -3.03. The maximum atomic E-state index is 12.1. The number of ether oxygens (including phenoxy) is 1. The number of halogens is 7. The first kappa shape index (κ1) is 16.8. The molecule has 0 fully saturated rings. The third-order valence-corrected chi connectivity index (χ3v) is 0.932. The van der Waals surface area contributed by atoms with Gasteiger partial charge in [-0.25, -0.2) is 13.2 Å². The fourth-order valence-electron chi connectivity index (χ4n) is 0.348. The molecule has 0 saturated heterocycles. The van der Waals surface area contributed by atoms with Crippen LogP contribution in [-0.4, -0.2) is 42.3 Å². The lowest BCUT2D eigenvalue weighted by Gasteiger charge is -2.25. The molecule has 2 N–H and O–H groups in total. The molecular formula is C5H7F7O3. The second kappa shape index (κ2) is 6.80. The quantitative estimate of drug-likeness (QED) is 0.585. The van der Waals surface area contributed by atoms with Crippen molar-refractivity contribution in [1.29, 1.82) is 0 Å². The molecule has 15 heavy (non-hydrogen) atoms. The number of hydrogen-bond donors (Lipinski definition) is 2. The molecule has 0 aromatic rings. The Kier molecular flexibility index (Phi) is 7.62. The van der Waals surface area contributed by atoms with Crippen LogP contribution < -0.4 is 0 Å². The van der Waals surface area contributed by atoms with Crippen molar-refractivity contribution in [3.05, 3.63) is 0 Å². The van der Waals surface area contributed by atoms with Crippen LogP contribution in [0.1, 0.15) is 0 Å². The van der Waals surface area contributed by atoms with Gasteiger partial charge in [-0.3, -0.25) is 0 Å². The van der Waals surface area contributed by atoms with Crippen LogP contribution in [0.15, 0.2) is 0 Å². The number of alkyl halides is 7. The third kappa shape index (κ3) is 5.14. The van der Waals surface area contributed by atoms with E-state index in [4.69, 9.17) is 10.2 Å². The summed E-state index contributed by atoms with van der Waals surface area (Å²) in [5.74, 6) is -5.22. The maximum Gasteiger partial charge on any atom is 0.454 e. The molecule has 3 nitrogen and oxygen atoms in total. The molecule has 0 bridgehead atoms. The molecule has 1 atom stereocenters. The molecule has 0 aliphatic heterocycles. The van der Waals surface area contributed by atoms with E-state index in [1.807, 2.05) is 0 Å². The highest BCUT2D eigenvalue weighted by Gasteiger charge is 2.64. The molecule has 0 amide bonds. The van der Waals surface area contributed by atoms with Crippen LogP contribution in [0.4, 0.5) is 30.7 Å². The van der Waals surface area contributed by atoms with E-state index < -0.39 is 32.1 Å². The van der Waals surface area contributed by atoms with Crippen LogP contribution >= 0.6 is 0 Å². The highest BCUT2D eigenvalue weighted by Crippen LogP contribution is 2.39. The van der Waals surface area contributed by atoms with Crippen molar-refractivity contribution in [2.24, 2.45) is 0 Å². The lowest BCUT2D eigenvalue weighted by atomic mass is 10.3. The van der Waals surface area contributed by atoms with E-state index in [-0.39, 0.29) is 0 Å². The van der Waals surface area contributed by atoms with Crippen molar-refractivity contribution in [1.82, 2.24) is 0 Å². The van der Waals surface area contributed by atoms with Gasteiger partial charge in [0.15, 0.2) is 6.86 Å². The molecule has 0 spiro atoms. The fraction of sp³-hybridized carbons (Fsp3) is 1.00. The first-order chi connectivity index (χ1) is 6.67. The molecular weight excluding hydrogens is 241 g/mol. The van der Waals surface area contributed by atoms with Gasteiger partial charge in [0, 0.05) is 0 Å². The average Bonchev–Trinajstić information content (AvgIpc) is 2.03. The Bertz CT molecular complexity index is 161. The minimum atomic E-state index is -5.95. The van der Waals surface area contributed by atoms with Gasteiger partial charge in [0.25, 0.3) is 0 Å². The van der Waals surface area contributed by atoms with Gasteiger partial charge >= 0.3 is 18.5 Å². The molecule has 0 aliphatic rings. The molecule has 0 aromatic heterocycles. The van der Waals surface area contributed by atoms with Crippen LogP contribution in [-0.2, 0) is 4.74 Å². The summed E-state index contributed by atoms with van der Waals surface area (Å²) < 4.78 is 82.8. The highest BCUT2D eigenvalue weighted by atomic mass is 19.4. The molecule has 10 heteroatoms. The molecule has 1 unspecified atom stereocenters. The predicted octanol–water partition coefficient (Wildman–Crippen LogP) is 1.35. The summed E-state index contributed by atoms with van der Waals surface area (Å²) in [6, 6.07) is 0. The standard InChI is InChI=1S/C4H3F7O.CH4O2/c5-1-12-3(8,2(6)7)4(9,10)11;2-1-3/h2H,1H2;2-3H,1H2. The first-order valence-corrected chi connectivity index (χ1v) is 3.12. The molecule has 0 aliphatic carbocycles. The number of rotatable bonds is 3. The summed E-state index contributed by atoms with van der Waals surface area (Å²) in [4.78, 5) is 0. The summed E-state index contributed by atoms with van der Waals surface area (Å²) in [6.07, 6.45) is -10.4. The van der Waals surface area contributed by atoms with E-state index in [2.05, 4.69) is 4.74 Å². The predicted molar refractivity (Wildman–Crippen MR) is 32.3 cm³/mol. The summed E-state index contributed by atoms with van der Waals surface area (Å²) in [5, 5.41) is 14.2. The van der Waals surface area contributed by atoms with E-state index in [0.717, 1.165) is 0 Å². The SMILES string of the molecule is FCOC(F)(C(F)F)C(F)(F)F.OCO. The Morgan fingerprint density at radius 3 is 1.47 bits per heavy atom. The maximum absolute atomic E-state index is 12.1. The zero-order chi connectivity index (χ0) is 12.7. The van der Waals surface area contributed by atoms with Gasteiger partial charge in [0.1, 0.15) is 6.79 Å². The smallest absolute Gasteiger partial charge is 0.371 e. The van der Waals surface area contributed by atoms with Crippen molar-refractivity contribution < 1.29 is 45.7 Å². The number of aliphatic hydroxyl groups is 2. The van der Waals surface area contributed by atoms with E-state index in [1.165, 1.54) is 0 Å². The zero-order valence-electron chi connectivity index (χ0n) is 6.94. The Balaban J connectivity index is 0. The van der Waals surface area contributed by atoms with Crippen LogP contribution in [0.3, 0.4) is 0 Å². The fourth-order valence-corrected chi connectivity index (χ4v) is 0.348. The lowest BCUT2D eigenvalue weighted by molar-refractivity contribution is -0.376. The topological polar surface area (TPSA) is 49.7 Å². The van der Waals surface area contributed by atoms with Crippen molar-refractivity contribution >= 4 is 0 Å². The van der Waals surface area contributed by atoms with Crippen molar-refractivity contribution in [3.8, 4) is 0 Å². The largest absolute Gasteiger partial charge is 0.454 e. The molecule has 0 heterocycles. The van der Waals surface area contributed by atoms with E-state index in [0.29, 0.717) is 0 Å². The van der Waals surface area contributed by atoms with Gasteiger partial charge in [0.05, 0.1) is 0 Å². The Morgan fingerprint density at radius 1 is 1.07 bits per heavy atom.